The Morgan fingerprint density at radius 2 is 1.52 bits per heavy atom. The van der Waals surface area contributed by atoms with Crippen LogP contribution < -0.4 is 27.0 Å². The predicted octanol–water partition coefficient (Wildman–Crippen LogP) is 4.20. The molecule has 0 saturated heterocycles. The minimum atomic E-state index is -1.43. The number of rotatable bonds is 16. The Labute approximate surface area is 361 Å². The van der Waals surface area contributed by atoms with E-state index in [1.807, 2.05) is 12.1 Å². The van der Waals surface area contributed by atoms with Gasteiger partial charge in [0.25, 0.3) is 5.91 Å². The fourth-order valence-corrected chi connectivity index (χ4v) is 7.30. The summed E-state index contributed by atoms with van der Waals surface area (Å²) in [4.78, 5) is 81.2. The Bertz CT molecular complexity index is 2250. The zero-order valence-electron chi connectivity index (χ0n) is 35.3. The maximum Gasteiger partial charge on any atom is 0.326 e. The van der Waals surface area contributed by atoms with Crippen molar-refractivity contribution in [3.8, 4) is 33.8 Å². The van der Waals surface area contributed by atoms with Crippen molar-refractivity contribution in [2.45, 2.75) is 76.9 Å². The van der Waals surface area contributed by atoms with Crippen LogP contribution in [0.5, 0.6) is 11.5 Å². The van der Waals surface area contributed by atoms with Crippen LogP contribution in [0.3, 0.4) is 0 Å². The van der Waals surface area contributed by atoms with Crippen LogP contribution in [0.2, 0.25) is 0 Å². The second-order valence-corrected chi connectivity index (χ2v) is 15.7. The number of likely N-dealkylation sites (N-methyl/N-ethyl adjacent to an activating group) is 1. The first-order valence-corrected chi connectivity index (χ1v) is 20.9. The SMILES string of the molecule is CCCCc1ccc(-c2ccc(C(=O)NCC(C)C(=O)NC(CCCCN)C(=O)N(C)C3C(=O)NCC(=O)NC(C(=O)O)Cc4ccc(O)c(c4)-c4cc3ccc4O)cc2)cc1. The summed E-state index contributed by atoms with van der Waals surface area (Å²) >= 11 is 0. The highest BCUT2D eigenvalue weighted by Crippen LogP contribution is 2.39. The maximum absolute atomic E-state index is 14.4. The lowest BCUT2D eigenvalue weighted by molar-refractivity contribution is -0.143. The number of nitrogens with two attached hydrogens (primary N) is 1. The van der Waals surface area contributed by atoms with Gasteiger partial charge >= 0.3 is 5.97 Å². The molecule has 4 aromatic carbocycles. The number of benzene rings is 4. The number of carboxylic acid groups (broad SMARTS) is 1. The summed E-state index contributed by atoms with van der Waals surface area (Å²) in [6.45, 7) is 3.45. The summed E-state index contributed by atoms with van der Waals surface area (Å²) in [7, 11) is 1.36. The molecule has 4 atom stereocenters. The van der Waals surface area contributed by atoms with E-state index in [4.69, 9.17) is 5.73 Å². The summed E-state index contributed by atoms with van der Waals surface area (Å²) in [5.74, 6) is -5.78. The van der Waals surface area contributed by atoms with Gasteiger partial charge in [-0.3, -0.25) is 24.0 Å². The summed E-state index contributed by atoms with van der Waals surface area (Å²) in [5, 5.41) is 42.1. The van der Waals surface area contributed by atoms with Crippen LogP contribution in [0.1, 0.15) is 79.0 Å². The van der Waals surface area contributed by atoms with Gasteiger partial charge in [0.15, 0.2) is 0 Å². The van der Waals surface area contributed by atoms with Crippen LogP contribution in [0.4, 0.5) is 0 Å². The molecule has 15 nitrogen and oxygen atoms in total. The van der Waals surface area contributed by atoms with Gasteiger partial charge in [-0.25, -0.2) is 4.79 Å². The second-order valence-electron chi connectivity index (χ2n) is 15.7. The fourth-order valence-electron chi connectivity index (χ4n) is 7.30. The van der Waals surface area contributed by atoms with Crippen molar-refractivity contribution >= 4 is 35.5 Å². The number of carboxylic acids is 1. The van der Waals surface area contributed by atoms with E-state index in [0.717, 1.165) is 35.3 Å². The lowest BCUT2D eigenvalue weighted by Gasteiger charge is -2.32. The molecule has 15 heteroatoms. The fraction of sp³-hybridized carbons (Fsp3) is 0.362. The number of aliphatic carboxylic acids is 1. The van der Waals surface area contributed by atoms with Crippen molar-refractivity contribution in [1.82, 2.24) is 26.2 Å². The number of carbonyl (C=O) groups excluding carboxylic acids is 5. The molecular formula is C47H56N6O9. The first kappa shape index (κ1) is 46.3. The van der Waals surface area contributed by atoms with Gasteiger partial charge in [-0.15, -0.1) is 0 Å². The van der Waals surface area contributed by atoms with E-state index in [0.29, 0.717) is 30.5 Å². The molecule has 0 radical (unpaired) electrons. The first-order chi connectivity index (χ1) is 29.7. The maximum atomic E-state index is 14.4. The van der Waals surface area contributed by atoms with E-state index in [9.17, 15) is 44.1 Å². The van der Waals surface area contributed by atoms with Crippen LogP contribution in [0.25, 0.3) is 22.3 Å². The number of hydrogen-bond acceptors (Lipinski definition) is 9. The number of unbranched alkanes of at least 4 members (excludes halogenated alkanes) is 2. The first-order valence-electron chi connectivity index (χ1n) is 20.9. The number of aromatic hydroxyl groups is 2. The highest BCUT2D eigenvalue weighted by molar-refractivity contribution is 5.96. The Morgan fingerprint density at radius 1 is 0.871 bits per heavy atom. The van der Waals surface area contributed by atoms with Gasteiger partial charge in [0.1, 0.15) is 29.6 Å². The largest absolute Gasteiger partial charge is 0.507 e. The highest BCUT2D eigenvalue weighted by atomic mass is 16.4. The molecule has 1 aliphatic heterocycles. The Morgan fingerprint density at radius 3 is 2.16 bits per heavy atom. The quantitative estimate of drug-likeness (QED) is 0.0748. The number of fused-ring (bicyclic) bond motifs is 5. The summed E-state index contributed by atoms with van der Waals surface area (Å²) in [6.07, 6.45) is 4.28. The number of aryl methyl sites for hydroxylation is 1. The van der Waals surface area contributed by atoms with E-state index < -0.39 is 60.2 Å². The lowest BCUT2D eigenvalue weighted by Crippen LogP contribution is -2.53. The number of nitrogens with one attached hydrogen (secondary N) is 4. The monoisotopic (exact) mass is 848 g/mol. The summed E-state index contributed by atoms with van der Waals surface area (Å²) in [6, 6.07) is 20.0. The standard InChI is InChI=1S/C47H56N6O9/c1-4-5-8-29-10-13-31(14-11-29)32-15-17-33(18-16-32)44(58)49-26-28(2)43(57)52-37(9-6-7-22-48)46(60)53(3)42-34-19-21-40(55)36(25-34)35-23-30(12-20-39(35)54)24-38(47(61)62)51-41(56)27-50-45(42)59/h10-21,23,25,28,37-38,42,54-55H,4-9,22,24,26-27,48H2,1-3H3,(H,49,58)(H,50,59)(H,51,56)(H,52,57)(H,61,62). The van der Waals surface area contributed by atoms with E-state index >= 15 is 0 Å². The molecule has 328 valence electrons. The van der Waals surface area contributed by atoms with Gasteiger partial charge in [-0.05, 0) is 103 Å². The van der Waals surface area contributed by atoms with Gasteiger partial charge in [-0.1, -0.05) is 68.8 Å². The molecule has 0 aliphatic carbocycles. The molecule has 1 heterocycles. The normalized spacial score (nSPS) is 16.1. The lowest BCUT2D eigenvalue weighted by atomic mass is 9.94. The molecule has 0 aromatic heterocycles. The summed E-state index contributed by atoms with van der Waals surface area (Å²) in [5.41, 5.74) is 10.3. The van der Waals surface area contributed by atoms with E-state index in [1.54, 1.807) is 19.1 Å². The molecular weight excluding hydrogens is 793 g/mol. The molecule has 4 bridgehead atoms. The minimum Gasteiger partial charge on any atom is -0.507 e. The smallest absolute Gasteiger partial charge is 0.326 e. The summed E-state index contributed by atoms with van der Waals surface area (Å²) < 4.78 is 0. The van der Waals surface area contributed by atoms with Gasteiger partial charge < -0.3 is 47.2 Å². The van der Waals surface area contributed by atoms with Crippen molar-refractivity contribution < 1.29 is 44.1 Å². The molecule has 0 spiro atoms. The third-order valence-electron chi connectivity index (χ3n) is 11.0. The van der Waals surface area contributed by atoms with Crippen molar-refractivity contribution in [1.29, 1.82) is 0 Å². The molecule has 4 unspecified atom stereocenters. The average molecular weight is 849 g/mol. The third-order valence-corrected chi connectivity index (χ3v) is 11.0. The van der Waals surface area contributed by atoms with Crippen LogP contribution in [-0.4, -0.2) is 94.5 Å². The van der Waals surface area contributed by atoms with Gasteiger partial charge in [0, 0.05) is 36.7 Å². The number of hydrogen-bond donors (Lipinski definition) is 8. The number of nitrogens with zero attached hydrogens (tertiary/aromatic N) is 1. The highest BCUT2D eigenvalue weighted by Gasteiger charge is 2.35. The van der Waals surface area contributed by atoms with Gasteiger partial charge in [0.2, 0.25) is 23.6 Å². The molecule has 9 N–H and O–H groups in total. The van der Waals surface area contributed by atoms with Crippen molar-refractivity contribution in [2.75, 3.05) is 26.7 Å². The molecule has 62 heavy (non-hydrogen) atoms. The topological polar surface area (TPSA) is 240 Å². The van der Waals surface area contributed by atoms with Crippen LogP contribution in [0, 0.1) is 5.92 Å². The number of phenols is 2. The van der Waals surface area contributed by atoms with Crippen molar-refractivity contribution in [3.05, 3.63) is 107 Å². The van der Waals surface area contributed by atoms with Gasteiger partial charge in [-0.2, -0.15) is 0 Å². The number of amides is 5. The number of phenolic OH excluding ortho intramolecular Hbond substituents is 2. The molecule has 4 aromatic rings. The van der Waals surface area contributed by atoms with Gasteiger partial charge in [0.05, 0.1) is 12.5 Å². The zero-order chi connectivity index (χ0) is 44.9. The Balaban J connectivity index is 1.32. The Kier molecular flexibility index (Phi) is 16.2. The van der Waals surface area contributed by atoms with E-state index in [-0.39, 0.29) is 53.5 Å². The third kappa shape index (κ3) is 12.0. The Hall–Kier alpha value is -6.74. The zero-order valence-corrected chi connectivity index (χ0v) is 35.3. The molecule has 5 rings (SSSR count). The molecule has 1 aliphatic rings. The molecule has 0 fully saturated rings. The molecule has 0 saturated carbocycles. The second kappa shape index (κ2) is 21.7. The van der Waals surface area contributed by atoms with Crippen LogP contribution in [-0.2, 0) is 36.8 Å². The van der Waals surface area contributed by atoms with Crippen LogP contribution >= 0.6 is 0 Å². The average Bonchev–Trinajstić information content (AvgIpc) is 3.27. The van der Waals surface area contributed by atoms with E-state index in [1.165, 1.54) is 49.0 Å². The van der Waals surface area contributed by atoms with Crippen molar-refractivity contribution in [3.63, 3.8) is 0 Å². The van der Waals surface area contributed by atoms with E-state index in [2.05, 4.69) is 52.5 Å². The minimum absolute atomic E-state index is 0.0364. The predicted molar refractivity (Wildman–Crippen MR) is 234 cm³/mol. The molecule has 5 amide bonds. The van der Waals surface area contributed by atoms with Crippen molar-refractivity contribution in [2.24, 2.45) is 11.7 Å². The van der Waals surface area contributed by atoms with Crippen LogP contribution in [0.15, 0.2) is 84.9 Å². The number of carbonyl (C=O) groups is 6.